The predicted octanol–water partition coefficient (Wildman–Crippen LogP) is 5.10. The van der Waals surface area contributed by atoms with Gasteiger partial charge in [-0.15, -0.1) is 0 Å². The van der Waals surface area contributed by atoms with Crippen molar-refractivity contribution in [2.45, 2.75) is 18.7 Å². The summed E-state index contributed by atoms with van der Waals surface area (Å²) >= 11 is 14.1. The molecule has 3 rings (SSSR count). The first-order valence-electron chi connectivity index (χ1n) is 6.40. The van der Waals surface area contributed by atoms with Gasteiger partial charge in [-0.2, -0.15) is 11.8 Å². The van der Waals surface area contributed by atoms with Gasteiger partial charge in [0.2, 0.25) is 0 Å². The van der Waals surface area contributed by atoms with E-state index in [1.807, 2.05) is 24.8 Å². The number of anilines is 1. The van der Waals surface area contributed by atoms with Crippen LogP contribution < -0.4 is 5.32 Å². The normalized spacial score (nSPS) is 17.6. The highest BCUT2D eigenvalue weighted by Gasteiger charge is 2.21. The zero-order chi connectivity index (χ0) is 14.1. The van der Waals surface area contributed by atoms with Crippen LogP contribution in [0.3, 0.4) is 0 Å². The van der Waals surface area contributed by atoms with E-state index >= 15 is 0 Å². The Morgan fingerprint density at radius 1 is 1.30 bits per heavy atom. The molecule has 0 amide bonds. The van der Waals surface area contributed by atoms with Crippen molar-refractivity contribution in [3.8, 4) is 0 Å². The number of thioether (sulfide) groups is 1. The third-order valence-corrected chi connectivity index (χ3v) is 4.98. The molecule has 1 aromatic heterocycles. The van der Waals surface area contributed by atoms with Crippen molar-refractivity contribution < 1.29 is 0 Å². The molecule has 1 atom stereocenters. The minimum absolute atomic E-state index is 0.254. The van der Waals surface area contributed by atoms with E-state index < -0.39 is 0 Å². The molecular weight excluding hydrogens is 311 g/mol. The molecule has 1 aromatic carbocycles. The third-order valence-electron chi connectivity index (χ3n) is 3.43. The fourth-order valence-corrected chi connectivity index (χ4v) is 4.13. The van der Waals surface area contributed by atoms with Crippen molar-refractivity contribution in [1.82, 2.24) is 4.98 Å². The lowest BCUT2D eigenvalue weighted by Crippen LogP contribution is -2.19. The molecule has 0 fully saturated rings. The van der Waals surface area contributed by atoms with Gasteiger partial charge in [-0.1, -0.05) is 47.5 Å². The largest absolute Gasteiger partial charge is 0.375 e. The van der Waals surface area contributed by atoms with E-state index in [1.165, 1.54) is 11.1 Å². The van der Waals surface area contributed by atoms with Gasteiger partial charge in [0, 0.05) is 11.5 Å². The van der Waals surface area contributed by atoms with Crippen molar-refractivity contribution >= 4 is 40.7 Å². The maximum atomic E-state index is 6.22. The van der Waals surface area contributed by atoms with Crippen molar-refractivity contribution in [2.75, 3.05) is 11.1 Å². The Balaban J connectivity index is 1.94. The molecule has 0 bridgehead atoms. The van der Waals surface area contributed by atoms with Crippen LogP contribution in [0.5, 0.6) is 0 Å². The second kappa shape index (κ2) is 5.84. The summed E-state index contributed by atoms with van der Waals surface area (Å²) < 4.78 is 0. The van der Waals surface area contributed by atoms with Crippen LogP contribution in [-0.4, -0.2) is 10.7 Å². The summed E-state index contributed by atoms with van der Waals surface area (Å²) in [7, 11) is 0. The smallest absolute Gasteiger partial charge is 0.154 e. The molecule has 0 saturated heterocycles. The lowest BCUT2D eigenvalue weighted by Gasteiger charge is -2.27. The number of fused-ring (bicyclic) bond motifs is 1. The fourth-order valence-electron chi connectivity index (χ4n) is 2.44. The van der Waals surface area contributed by atoms with Crippen LogP contribution in [0.1, 0.15) is 22.7 Å². The summed E-state index contributed by atoms with van der Waals surface area (Å²) in [6, 6.07) is 10.6. The Morgan fingerprint density at radius 3 is 2.90 bits per heavy atom. The van der Waals surface area contributed by atoms with Gasteiger partial charge in [0.1, 0.15) is 5.15 Å². The van der Waals surface area contributed by atoms with Crippen molar-refractivity contribution in [2.24, 2.45) is 0 Å². The average Bonchev–Trinajstić information content (AvgIpc) is 2.43. The van der Waals surface area contributed by atoms with E-state index in [9.17, 15) is 0 Å². The molecule has 1 unspecified atom stereocenters. The number of halogens is 2. The number of nitrogens with zero attached hydrogens (tertiary/aromatic N) is 1. The molecule has 0 spiro atoms. The van der Waals surface area contributed by atoms with Crippen LogP contribution in [-0.2, 0) is 5.75 Å². The Bertz CT molecular complexity index is 623. The van der Waals surface area contributed by atoms with E-state index in [2.05, 4.69) is 34.6 Å². The second-order valence-corrected chi connectivity index (χ2v) is 6.61. The van der Waals surface area contributed by atoms with Crippen LogP contribution in [0, 0.1) is 6.92 Å². The zero-order valence-electron chi connectivity index (χ0n) is 11.0. The van der Waals surface area contributed by atoms with Crippen LogP contribution in [0.15, 0.2) is 30.3 Å². The monoisotopic (exact) mass is 324 g/mol. The quantitative estimate of drug-likeness (QED) is 0.778. The summed E-state index contributed by atoms with van der Waals surface area (Å²) in [6.45, 7) is 1.99. The highest BCUT2D eigenvalue weighted by atomic mass is 35.5. The van der Waals surface area contributed by atoms with Gasteiger partial charge in [0.05, 0.1) is 11.7 Å². The standard InChI is InChI=1S/C15H14Cl2N2S/c1-9-6-13(16)19-15(17)14(9)18-12-8-20-7-10-4-2-3-5-11(10)12/h2-6,12,18H,7-8H2,1H3. The molecule has 2 aromatic rings. The van der Waals surface area contributed by atoms with Crippen molar-refractivity contribution in [3.63, 3.8) is 0 Å². The molecule has 1 N–H and O–H groups in total. The molecule has 20 heavy (non-hydrogen) atoms. The van der Waals surface area contributed by atoms with Gasteiger partial charge < -0.3 is 5.32 Å². The van der Waals surface area contributed by atoms with Crippen LogP contribution in [0.25, 0.3) is 0 Å². The number of rotatable bonds is 2. The number of pyridine rings is 1. The number of hydrogen-bond donors (Lipinski definition) is 1. The maximum absolute atomic E-state index is 6.22. The molecule has 5 heteroatoms. The second-order valence-electron chi connectivity index (χ2n) is 4.84. The molecule has 1 aliphatic heterocycles. The van der Waals surface area contributed by atoms with E-state index in [0.717, 1.165) is 22.8 Å². The zero-order valence-corrected chi connectivity index (χ0v) is 13.3. The molecule has 2 nitrogen and oxygen atoms in total. The van der Waals surface area contributed by atoms with E-state index in [1.54, 1.807) is 0 Å². The maximum Gasteiger partial charge on any atom is 0.154 e. The lowest BCUT2D eigenvalue weighted by molar-refractivity contribution is 0.867. The Labute approximate surface area is 132 Å². The summed E-state index contributed by atoms with van der Waals surface area (Å²) in [5.74, 6) is 2.09. The van der Waals surface area contributed by atoms with Crippen LogP contribution in [0.2, 0.25) is 10.3 Å². The van der Waals surface area contributed by atoms with E-state index in [0.29, 0.717) is 10.3 Å². The Morgan fingerprint density at radius 2 is 2.10 bits per heavy atom. The van der Waals surface area contributed by atoms with Gasteiger partial charge in [-0.3, -0.25) is 0 Å². The summed E-state index contributed by atoms with van der Waals surface area (Å²) in [6.07, 6.45) is 0. The van der Waals surface area contributed by atoms with Crippen LogP contribution >= 0.6 is 35.0 Å². The van der Waals surface area contributed by atoms with Crippen LogP contribution in [0.4, 0.5) is 5.69 Å². The molecule has 0 radical (unpaired) electrons. The van der Waals surface area contributed by atoms with Crippen molar-refractivity contribution in [3.05, 3.63) is 57.3 Å². The minimum atomic E-state index is 0.254. The molecule has 0 saturated carbocycles. The SMILES string of the molecule is Cc1cc(Cl)nc(Cl)c1NC1CSCc2ccccc21. The highest BCUT2D eigenvalue weighted by molar-refractivity contribution is 7.98. The van der Waals surface area contributed by atoms with Gasteiger partial charge >= 0.3 is 0 Å². The predicted molar refractivity (Wildman–Crippen MR) is 88.0 cm³/mol. The molecule has 0 aliphatic carbocycles. The van der Waals surface area contributed by atoms with E-state index in [4.69, 9.17) is 23.2 Å². The molecular formula is C15H14Cl2N2S. The van der Waals surface area contributed by atoms with Gasteiger partial charge in [-0.25, -0.2) is 4.98 Å². The molecule has 2 heterocycles. The minimum Gasteiger partial charge on any atom is -0.375 e. The first kappa shape index (κ1) is 14.1. The Kier molecular flexibility index (Phi) is 4.11. The number of nitrogens with one attached hydrogen (secondary N) is 1. The number of hydrogen-bond acceptors (Lipinski definition) is 3. The summed E-state index contributed by atoms with van der Waals surface area (Å²) in [5.41, 5.74) is 4.62. The number of aromatic nitrogens is 1. The summed E-state index contributed by atoms with van der Waals surface area (Å²) in [5, 5.41) is 4.39. The first-order valence-corrected chi connectivity index (χ1v) is 8.31. The topological polar surface area (TPSA) is 24.9 Å². The lowest BCUT2D eigenvalue weighted by atomic mass is 10.0. The Hall–Kier alpha value is -0.900. The van der Waals surface area contributed by atoms with E-state index in [-0.39, 0.29) is 6.04 Å². The third kappa shape index (κ3) is 2.76. The molecule has 1 aliphatic rings. The average molecular weight is 325 g/mol. The highest BCUT2D eigenvalue weighted by Crippen LogP contribution is 2.36. The van der Waals surface area contributed by atoms with Gasteiger partial charge in [-0.05, 0) is 29.7 Å². The first-order chi connectivity index (χ1) is 9.65. The van der Waals surface area contributed by atoms with Gasteiger partial charge in [0.25, 0.3) is 0 Å². The fraction of sp³-hybridized carbons (Fsp3) is 0.267. The number of aryl methyl sites for hydroxylation is 1. The number of benzene rings is 1. The van der Waals surface area contributed by atoms with Gasteiger partial charge in [0.15, 0.2) is 5.15 Å². The van der Waals surface area contributed by atoms with Crippen molar-refractivity contribution in [1.29, 1.82) is 0 Å². The summed E-state index contributed by atoms with van der Waals surface area (Å²) in [4.78, 5) is 4.12. The molecule has 104 valence electrons.